The lowest BCUT2D eigenvalue weighted by Crippen LogP contribution is -2.32. The van der Waals surface area contributed by atoms with Crippen LogP contribution in [0.5, 0.6) is 0 Å². The van der Waals surface area contributed by atoms with Crippen molar-refractivity contribution in [1.82, 2.24) is 0 Å². The molecule has 0 aliphatic carbocycles. The number of hydrogen-bond donors (Lipinski definition) is 0. The van der Waals surface area contributed by atoms with Gasteiger partial charge in [-0.25, -0.2) is 0 Å². The monoisotopic (exact) mass is 314 g/mol. The number of carbonyl (C=O) groups excluding carboxylic acids is 3. The fourth-order valence-corrected chi connectivity index (χ4v) is 2.69. The lowest BCUT2D eigenvalue weighted by molar-refractivity contribution is -0.160. The van der Waals surface area contributed by atoms with E-state index < -0.39 is 23.8 Å². The van der Waals surface area contributed by atoms with Gasteiger partial charge in [-0.15, -0.1) is 0 Å². The van der Waals surface area contributed by atoms with Gasteiger partial charge in [-0.2, -0.15) is 0 Å². The minimum Gasteiger partial charge on any atom is -0.468 e. The summed E-state index contributed by atoms with van der Waals surface area (Å²) in [7, 11) is 2.41. The molecule has 0 aliphatic rings. The average molecular weight is 314 g/mol. The Labute approximate surface area is 134 Å². The van der Waals surface area contributed by atoms with E-state index in [-0.39, 0.29) is 6.42 Å². The van der Waals surface area contributed by atoms with E-state index in [1.54, 1.807) is 0 Å². The molecule has 0 heterocycles. The molecular weight excluding hydrogens is 296 g/mol. The second-order valence-corrected chi connectivity index (χ2v) is 5.14. The number of hydrogen-bond acceptors (Lipinski definition) is 5. The smallest absolute Gasteiger partial charge is 0.320 e. The maximum absolute atomic E-state index is 12.0. The van der Waals surface area contributed by atoms with Crippen LogP contribution in [-0.2, 0) is 23.9 Å². The van der Waals surface area contributed by atoms with Crippen molar-refractivity contribution in [3.05, 3.63) is 48.0 Å². The Morgan fingerprint density at radius 2 is 1.61 bits per heavy atom. The summed E-state index contributed by atoms with van der Waals surface area (Å²) in [5.74, 6) is -3.22. The molecule has 0 aliphatic heterocycles. The van der Waals surface area contributed by atoms with Gasteiger partial charge in [-0.05, 0) is 16.3 Å². The zero-order chi connectivity index (χ0) is 16.8. The molecule has 2 aromatic carbocycles. The number of ether oxygens (including phenoxy) is 2. The van der Waals surface area contributed by atoms with Crippen LogP contribution in [0.2, 0.25) is 0 Å². The molecule has 0 spiro atoms. The molecule has 2 rings (SSSR count). The van der Waals surface area contributed by atoms with Crippen LogP contribution < -0.4 is 0 Å². The predicted octanol–water partition coefficient (Wildman–Crippen LogP) is 2.47. The molecule has 0 bridgehead atoms. The van der Waals surface area contributed by atoms with Crippen molar-refractivity contribution >= 4 is 29.0 Å². The third-order valence-electron chi connectivity index (χ3n) is 3.86. The highest BCUT2D eigenvalue weighted by atomic mass is 16.5. The quantitative estimate of drug-likeness (QED) is 0.465. The number of rotatable bonds is 6. The van der Waals surface area contributed by atoms with Crippen LogP contribution >= 0.6 is 0 Å². The first kappa shape index (κ1) is 16.7. The summed E-state index contributed by atoms with van der Waals surface area (Å²) in [6.45, 7) is 0. The van der Waals surface area contributed by atoms with E-state index in [1.807, 2.05) is 42.5 Å². The molecule has 2 aromatic rings. The highest BCUT2D eigenvalue weighted by Crippen LogP contribution is 2.31. The van der Waals surface area contributed by atoms with E-state index in [0.29, 0.717) is 6.29 Å². The maximum atomic E-state index is 12.0. The number of carbonyl (C=O) groups is 3. The SMILES string of the molecule is COC(=O)C(C(=O)OC)[C@H](CC=O)c1ccc2ccccc2c1. The van der Waals surface area contributed by atoms with E-state index in [9.17, 15) is 14.4 Å². The largest absolute Gasteiger partial charge is 0.468 e. The molecule has 120 valence electrons. The summed E-state index contributed by atoms with van der Waals surface area (Å²) >= 11 is 0. The van der Waals surface area contributed by atoms with Crippen molar-refractivity contribution in [1.29, 1.82) is 0 Å². The molecule has 0 saturated heterocycles. The molecule has 1 atom stereocenters. The van der Waals surface area contributed by atoms with Gasteiger partial charge in [0.1, 0.15) is 6.29 Å². The molecule has 0 amide bonds. The van der Waals surface area contributed by atoms with Gasteiger partial charge in [0, 0.05) is 12.3 Å². The van der Waals surface area contributed by atoms with Crippen molar-refractivity contribution in [2.24, 2.45) is 5.92 Å². The molecule has 23 heavy (non-hydrogen) atoms. The van der Waals surface area contributed by atoms with Crippen LogP contribution in [0.3, 0.4) is 0 Å². The van der Waals surface area contributed by atoms with E-state index in [0.717, 1.165) is 16.3 Å². The Kier molecular flexibility index (Phi) is 5.46. The second kappa shape index (κ2) is 7.54. The van der Waals surface area contributed by atoms with E-state index in [1.165, 1.54) is 14.2 Å². The summed E-state index contributed by atoms with van der Waals surface area (Å²) in [4.78, 5) is 35.1. The van der Waals surface area contributed by atoms with Gasteiger partial charge in [0.2, 0.25) is 0 Å². The Hall–Kier alpha value is -2.69. The van der Waals surface area contributed by atoms with E-state index >= 15 is 0 Å². The molecule has 0 radical (unpaired) electrons. The summed E-state index contributed by atoms with van der Waals surface area (Å²) in [5, 5.41) is 2.00. The van der Waals surface area contributed by atoms with Crippen molar-refractivity contribution in [2.45, 2.75) is 12.3 Å². The minimum absolute atomic E-state index is 0.0210. The minimum atomic E-state index is -1.17. The molecular formula is C18H18O5. The highest BCUT2D eigenvalue weighted by molar-refractivity contribution is 5.96. The zero-order valence-electron chi connectivity index (χ0n) is 13.0. The van der Waals surface area contributed by atoms with Crippen LogP contribution in [-0.4, -0.2) is 32.4 Å². The number of benzene rings is 2. The fraction of sp³-hybridized carbons (Fsp3) is 0.278. The van der Waals surface area contributed by atoms with Crippen molar-refractivity contribution in [2.75, 3.05) is 14.2 Å². The first-order valence-electron chi connectivity index (χ1n) is 7.20. The van der Waals surface area contributed by atoms with E-state index in [4.69, 9.17) is 9.47 Å². The van der Waals surface area contributed by atoms with Crippen LogP contribution in [0, 0.1) is 5.92 Å². The van der Waals surface area contributed by atoms with Crippen LogP contribution in [0.4, 0.5) is 0 Å². The normalized spacial score (nSPS) is 12.0. The first-order chi connectivity index (χ1) is 11.1. The third-order valence-corrected chi connectivity index (χ3v) is 3.86. The van der Waals surface area contributed by atoms with E-state index in [2.05, 4.69) is 0 Å². The lowest BCUT2D eigenvalue weighted by Gasteiger charge is -2.22. The molecule has 0 saturated carbocycles. The van der Waals surface area contributed by atoms with Crippen LogP contribution in [0.15, 0.2) is 42.5 Å². The first-order valence-corrected chi connectivity index (χ1v) is 7.20. The van der Waals surface area contributed by atoms with Gasteiger partial charge in [0.05, 0.1) is 14.2 Å². The Bertz CT molecular complexity index is 706. The average Bonchev–Trinajstić information content (AvgIpc) is 2.60. The Morgan fingerprint density at radius 3 is 2.17 bits per heavy atom. The highest BCUT2D eigenvalue weighted by Gasteiger charge is 2.37. The Morgan fingerprint density at radius 1 is 1.00 bits per heavy atom. The topological polar surface area (TPSA) is 69.7 Å². The molecule has 0 aromatic heterocycles. The molecule has 0 fully saturated rings. The third kappa shape index (κ3) is 3.56. The van der Waals surface area contributed by atoms with Gasteiger partial charge in [-0.3, -0.25) is 9.59 Å². The van der Waals surface area contributed by atoms with Gasteiger partial charge in [-0.1, -0.05) is 42.5 Å². The lowest BCUT2D eigenvalue weighted by atomic mass is 9.83. The maximum Gasteiger partial charge on any atom is 0.320 e. The van der Waals surface area contributed by atoms with Crippen molar-refractivity contribution < 1.29 is 23.9 Å². The summed E-state index contributed by atoms with van der Waals surface area (Å²) in [6.07, 6.45) is 0.714. The number of fused-ring (bicyclic) bond motifs is 1. The summed E-state index contributed by atoms with van der Waals surface area (Å²) < 4.78 is 9.43. The van der Waals surface area contributed by atoms with Gasteiger partial charge in [0.15, 0.2) is 5.92 Å². The van der Waals surface area contributed by atoms with Crippen LogP contribution in [0.25, 0.3) is 10.8 Å². The number of methoxy groups -OCH3 is 2. The molecule has 5 heteroatoms. The number of aldehydes is 1. The molecule has 0 unspecified atom stereocenters. The standard InChI is InChI=1S/C18H18O5/c1-22-17(20)16(18(21)23-2)15(9-10-19)14-8-7-12-5-3-4-6-13(12)11-14/h3-8,10-11,15-16H,9H2,1-2H3/t15-/m1/s1. The van der Waals surface area contributed by atoms with Crippen molar-refractivity contribution in [3.63, 3.8) is 0 Å². The zero-order valence-corrected chi connectivity index (χ0v) is 13.0. The van der Waals surface area contributed by atoms with Crippen LogP contribution in [0.1, 0.15) is 17.9 Å². The van der Waals surface area contributed by atoms with Gasteiger partial charge in [0.25, 0.3) is 0 Å². The Balaban J connectivity index is 2.50. The van der Waals surface area contributed by atoms with Gasteiger partial charge >= 0.3 is 11.9 Å². The summed E-state index contributed by atoms with van der Waals surface area (Å²) in [5.41, 5.74) is 0.719. The number of esters is 2. The second-order valence-electron chi connectivity index (χ2n) is 5.14. The fourth-order valence-electron chi connectivity index (χ4n) is 2.69. The molecule has 0 N–H and O–H groups in total. The predicted molar refractivity (Wildman–Crippen MR) is 84.9 cm³/mol. The van der Waals surface area contributed by atoms with Gasteiger partial charge < -0.3 is 14.3 Å². The molecule has 5 nitrogen and oxygen atoms in total. The summed E-state index contributed by atoms with van der Waals surface area (Å²) in [6, 6.07) is 13.3. The van der Waals surface area contributed by atoms with Crippen molar-refractivity contribution in [3.8, 4) is 0 Å².